The molecule has 1 amide bonds. The van der Waals surface area contributed by atoms with Gasteiger partial charge in [-0.25, -0.2) is 8.42 Å². The van der Waals surface area contributed by atoms with Crippen LogP contribution in [-0.4, -0.2) is 50.3 Å². The fraction of sp³-hybridized carbons (Fsp3) is 0.522. The summed E-state index contributed by atoms with van der Waals surface area (Å²) >= 11 is 1.62. The summed E-state index contributed by atoms with van der Waals surface area (Å²) in [6.07, 6.45) is 2.88. The van der Waals surface area contributed by atoms with Crippen molar-refractivity contribution in [3.8, 4) is 5.75 Å². The molecule has 6 nitrogen and oxygen atoms in total. The minimum Gasteiger partial charge on any atom is -0.495 e. The van der Waals surface area contributed by atoms with Crippen molar-refractivity contribution in [1.29, 1.82) is 0 Å². The highest BCUT2D eigenvalue weighted by molar-refractivity contribution is 7.89. The molecule has 3 unspecified atom stereocenters. The number of thiophene rings is 1. The van der Waals surface area contributed by atoms with Crippen LogP contribution in [0, 0.1) is 11.8 Å². The second-order valence-corrected chi connectivity index (χ2v) is 11.5. The molecule has 8 heteroatoms. The molecule has 0 aliphatic carbocycles. The molecule has 31 heavy (non-hydrogen) atoms. The highest BCUT2D eigenvalue weighted by Crippen LogP contribution is 2.36. The summed E-state index contributed by atoms with van der Waals surface area (Å²) in [6.45, 7) is 5.80. The number of nitrogens with zero attached hydrogens (tertiary/aromatic N) is 2. The first kappa shape index (κ1) is 22.3. The Morgan fingerprint density at radius 1 is 1.16 bits per heavy atom. The summed E-state index contributed by atoms with van der Waals surface area (Å²) in [7, 11) is -2.30. The van der Waals surface area contributed by atoms with E-state index in [2.05, 4.69) is 25.3 Å². The Bertz CT molecular complexity index is 1030. The third-order valence-electron chi connectivity index (χ3n) is 6.31. The van der Waals surface area contributed by atoms with Gasteiger partial charge >= 0.3 is 0 Å². The lowest BCUT2D eigenvalue weighted by atomic mass is 9.94. The summed E-state index contributed by atoms with van der Waals surface area (Å²) in [6, 6.07) is 6.88. The molecular weight excluding hydrogens is 432 g/mol. The van der Waals surface area contributed by atoms with Gasteiger partial charge < -0.3 is 9.64 Å². The van der Waals surface area contributed by atoms with E-state index < -0.39 is 10.0 Å². The van der Waals surface area contributed by atoms with Gasteiger partial charge in [0.25, 0.3) is 5.91 Å². The van der Waals surface area contributed by atoms with Gasteiger partial charge in [-0.05, 0) is 71.7 Å². The van der Waals surface area contributed by atoms with Crippen molar-refractivity contribution in [1.82, 2.24) is 9.21 Å². The molecular formula is C23H30N2O4S2. The number of rotatable bonds is 5. The number of piperidine rings is 1. The van der Waals surface area contributed by atoms with Crippen LogP contribution in [0.1, 0.15) is 55.1 Å². The summed E-state index contributed by atoms with van der Waals surface area (Å²) < 4.78 is 34.0. The first-order valence-corrected chi connectivity index (χ1v) is 13.2. The van der Waals surface area contributed by atoms with Gasteiger partial charge in [0.1, 0.15) is 10.6 Å². The number of benzene rings is 1. The lowest BCUT2D eigenvalue weighted by molar-refractivity contribution is 0.0735. The number of hydrogen-bond donors (Lipinski definition) is 0. The first-order valence-electron chi connectivity index (χ1n) is 10.8. The van der Waals surface area contributed by atoms with Crippen molar-refractivity contribution in [2.45, 2.75) is 44.0 Å². The van der Waals surface area contributed by atoms with E-state index in [4.69, 9.17) is 4.74 Å². The molecule has 2 fully saturated rings. The number of carbonyl (C=O) groups excluding carboxylic acids is 1. The maximum atomic E-state index is 13.5. The lowest BCUT2D eigenvalue weighted by Crippen LogP contribution is -2.42. The molecule has 2 aliphatic heterocycles. The summed E-state index contributed by atoms with van der Waals surface area (Å²) in [4.78, 5) is 15.3. The Morgan fingerprint density at radius 2 is 1.90 bits per heavy atom. The van der Waals surface area contributed by atoms with Crippen LogP contribution in [0.4, 0.5) is 0 Å². The van der Waals surface area contributed by atoms with E-state index in [9.17, 15) is 13.2 Å². The molecule has 2 aromatic rings. The third kappa shape index (κ3) is 4.38. The SMILES string of the molecule is COc1ccc(C(=O)N2CCCC2c2ccsc2)cc1S(=O)(=O)N1CC(C)CC(C)C1. The Hall–Kier alpha value is -1.90. The summed E-state index contributed by atoms with van der Waals surface area (Å²) in [5.41, 5.74) is 1.54. The van der Waals surface area contributed by atoms with Crippen LogP contribution in [0.25, 0.3) is 0 Å². The molecule has 0 bridgehead atoms. The fourth-order valence-electron chi connectivity index (χ4n) is 4.94. The topological polar surface area (TPSA) is 66.9 Å². The van der Waals surface area contributed by atoms with Crippen LogP contribution in [0.5, 0.6) is 5.75 Å². The average molecular weight is 463 g/mol. The van der Waals surface area contributed by atoms with Crippen LogP contribution < -0.4 is 4.74 Å². The van der Waals surface area contributed by atoms with Crippen molar-refractivity contribution < 1.29 is 17.9 Å². The van der Waals surface area contributed by atoms with Gasteiger partial charge in [0.15, 0.2) is 0 Å². The van der Waals surface area contributed by atoms with Crippen LogP contribution in [-0.2, 0) is 10.0 Å². The second-order valence-electron chi connectivity index (χ2n) is 8.85. The van der Waals surface area contributed by atoms with E-state index in [0.717, 1.165) is 24.8 Å². The number of hydrogen-bond acceptors (Lipinski definition) is 5. The molecule has 0 saturated carbocycles. The molecule has 1 aromatic heterocycles. The lowest BCUT2D eigenvalue weighted by Gasteiger charge is -2.34. The number of carbonyl (C=O) groups is 1. The Kier molecular flexibility index (Phi) is 6.42. The van der Waals surface area contributed by atoms with Crippen molar-refractivity contribution >= 4 is 27.3 Å². The molecule has 2 aliphatic rings. The van der Waals surface area contributed by atoms with E-state index in [0.29, 0.717) is 37.0 Å². The highest BCUT2D eigenvalue weighted by Gasteiger charge is 2.35. The van der Waals surface area contributed by atoms with Gasteiger partial charge in [-0.1, -0.05) is 13.8 Å². The first-order chi connectivity index (χ1) is 14.8. The standard InChI is InChI=1S/C23H30N2O4S2/c1-16-11-17(2)14-24(13-16)31(27,28)22-12-18(6-7-21(22)29-3)23(26)25-9-4-5-20(25)19-8-10-30-15-19/h6-8,10,12,15-17,20H,4-5,9,11,13-14H2,1-3H3. The highest BCUT2D eigenvalue weighted by atomic mass is 32.2. The van der Waals surface area contributed by atoms with Gasteiger partial charge in [0, 0.05) is 25.2 Å². The third-order valence-corrected chi connectivity index (χ3v) is 8.86. The van der Waals surface area contributed by atoms with Crippen molar-refractivity contribution in [2.24, 2.45) is 11.8 Å². The number of ether oxygens (including phenoxy) is 1. The van der Waals surface area contributed by atoms with Crippen LogP contribution >= 0.6 is 11.3 Å². The quantitative estimate of drug-likeness (QED) is 0.661. The van der Waals surface area contributed by atoms with E-state index in [1.54, 1.807) is 27.8 Å². The summed E-state index contributed by atoms with van der Waals surface area (Å²) in [5, 5.41) is 4.11. The minimum atomic E-state index is -3.77. The molecule has 3 atom stereocenters. The number of methoxy groups -OCH3 is 1. The molecule has 1 aromatic carbocycles. The predicted octanol–water partition coefficient (Wildman–Crippen LogP) is 4.40. The van der Waals surface area contributed by atoms with E-state index in [1.807, 2.05) is 10.3 Å². The zero-order valence-electron chi connectivity index (χ0n) is 18.3. The van der Waals surface area contributed by atoms with Crippen LogP contribution in [0.2, 0.25) is 0 Å². The van der Waals surface area contributed by atoms with Crippen molar-refractivity contribution in [2.75, 3.05) is 26.7 Å². The predicted molar refractivity (Wildman–Crippen MR) is 122 cm³/mol. The molecule has 3 heterocycles. The molecule has 0 N–H and O–H groups in total. The normalized spacial score (nSPS) is 25.0. The molecule has 4 rings (SSSR count). The Labute approximate surface area is 188 Å². The van der Waals surface area contributed by atoms with Crippen LogP contribution in [0.3, 0.4) is 0 Å². The number of sulfonamides is 1. The Morgan fingerprint density at radius 3 is 2.55 bits per heavy atom. The van der Waals surface area contributed by atoms with E-state index in [1.165, 1.54) is 13.2 Å². The Balaban J connectivity index is 1.67. The van der Waals surface area contributed by atoms with E-state index >= 15 is 0 Å². The van der Waals surface area contributed by atoms with Crippen molar-refractivity contribution in [3.05, 3.63) is 46.2 Å². The van der Waals surface area contributed by atoms with Crippen LogP contribution in [0.15, 0.2) is 39.9 Å². The largest absolute Gasteiger partial charge is 0.495 e. The van der Waals surface area contributed by atoms with Crippen molar-refractivity contribution in [3.63, 3.8) is 0 Å². The van der Waals surface area contributed by atoms with Gasteiger partial charge in [-0.3, -0.25) is 4.79 Å². The maximum absolute atomic E-state index is 13.5. The zero-order valence-corrected chi connectivity index (χ0v) is 19.9. The monoisotopic (exact) mass is 462 g/mol. The van der Waals surface area contributed by atoms with Gasteiger partial charge in [-0.15, -0.1) is 0 Å². The number of amides is 1. The smallest absolute Gasteiger partial charge is 0.254 e. The number of likely N-dealkylation sites (tertiary alicyclic amines) is 1. The fourth-order valence-corrected chi connectivity index (χ4v) is 7.51. The average Bonchev–Trinajstić information content (AvgIpc) is 3.43. The zero-order chi connectivity index (χ0) is 22.2. The van der Waals surface area contributed by atoms with Gasteiger partial charge in [0.05, 0.1) is 13.2 Å². The van der Waals surface area contributed by atoms with Gasteiger partial charge in [-0.2, -0.15) is 15.6 Å². The minimum absolute atomic E-state index is 0.0460. The second kappa shape index (κ2) is 8.92. The maximum Gasteiger partial charge on any atom is 0.254 e. The molecule has 0 radical (unpaired) electrons. The summed E-state index contributed by atoms with van der Waals surface area (Å²) in [5.74, 6) is 0.738. The van der Waals surface area contributed by atoms with E-state index in [-0.39, 0.29) is 22.6 Å². The molecule has 2 saturated heterocycles. The molecule has 0 spiro atoms. The van der Waals surface area contributed by atoms with Gasteiger partial charge in [0.2, 0.25) is 10.0 Å². The molecule has 168 valence electrons.